The largest absolute Gasteiger partial charge is 0.394 e. The number of hydrogen-bond donors (Lipinski definition) is 1. The summed E-state index contributed by atoms with van der Waals surface area (Å²) in [7, 11) is 0. The monoisotopic (exact) mass is 170 g/mol. The van der Waals surface area contributed by atoms with Crippen LogP contribution >= 0.6 is 0 Å². The van der Waals surface area contributed by atoms with E-state index in [1.165, 1.54) is 32.1 Å². The molecule has 2 fully saturated rings. The molecule has 1 aliphatic heterocycles. The Bertz CT molecular complexity index is 150. The van der Waals surface area contributed by atoms with E-state index in [0.29, 0.717) is 5.41 Å². The molecule has 1 unspecified atom stereocenters. The third-order valence-electron chi connectivity index (χ3n) is 3.40. The van der Waals surface area contributed by atoms with Crippen molar-refractivity contribution in [2.24, 2.45) is 5.41 Å². The Morgan fingerprint density at radius 3 is 2.58 bits per heavy atom. The molecule has 1 aliphatic carbocycles. The molecule has 0 amide bonds. The average molecular weight is 170 g/mol. The van der Waals surface area contributed by atoms with Gasteiger partial charge in [0, 0.05) is 0 Å². The second kappa shape index (κ2) is 3.35. The molecule has 0 aromatic carbocycles. The van der Waals surface area contributed by atoms with Crippen LogP contribution in [0.4, 0.5) is 0 Å². The maximum Gasteiger partial charge on any atom is 0.0812 e. The molecule has 2 nitrogen and oxygen atoms in total. The standard InChI is InChI=1S/C10H18O2/c11-7-9-6-10(8-12-9)4-2-1-3-5-10/h9,11H,1-8H2. The molecule has 0 aromatic heterocycles. The minimum absolute atomic E-state index is 0.142. The molecule has 1 atom stereocenters. The third-order valence-corrected chi connectivity index (χ3v) is 3.40. The lowest BCUT2D eigenvalue weighted by Gasteiger charge is -2.31. The molecule has 0 bridgehead atoms. The lowest BCUT2D eigenvalue weighted by atomic mass is 9.73. The van der Waals surface area contributed by atoms with Crippen LogP contribution in [0.5, 0.6) is 0 Å². The lowest BCUT2D eigenvalue weighted by Crippen LogP contribution is -2.24. The Hall–Kier alpha value is -0.0800. The molecule has 0 aromatic rings. The topological polar surface area (TPSA) is 29.5 Å². The first kappa shape index (κ1) is 8.52. The number of aliphatic hydroxyl groups excluding tert-OH is 1. The van der Waals surface area contributed by atoms with E-state index >= 15 is 0 Å². The summed E-state index contributed by atoms with van der Waals surface area (Å²) in [5.41, 5.74) is 0.464. The number of ether oxygens (including phenoxy) is 1. The molecule has 2 aliphatic rings. The maximum absolute atomic E-state index is 8.96. The third kappa shape index (κ3) is 1.50. The van der Waals surface area contributed by atoms with Gasteiger partial charge in [-0.15, -0.1) is 0 Å². The van der Waals surface area contributed by atoms with E-state index < -0.39 is 0 Å². The fourth-order valence-electron chi connectivity index (χ4n) is 2.66. The fourth-order valence-corrected chi connectivity index (χ4v) is 2.66. The van der Waals surface area contributed by atoms with Crippen LogP contribution in [0.25, 0.3) is 0 Å². The van der Waals surface area contributed by atoms with E-state index in [1.54, 1.807) is 0 Å². The van der Waals surface area contributed by atoms with Crippen molar-refractivity contribution >= 4 is 0 Å². The Morgan fingerprint density at radius 2 is 2.00 bits per heavy atom. The number of rotatable bonds is 1. The summed E-state index contributed by atoms with van der Waals surface area (Å²) in [4.78, 5) is 0. The molecular formula is C10H18O2. The van der Waals surface area contributed by atoms with Crippen molar-refractivity contribution in [2.45, 2.75) is 44.6 Å². The highest BCUT2D eigenvalue weighted by atomic mass is 16.5. The van der Waals surface area contributed by atoms with Crippen molar-refractivity contribution in [1.82, 2.24) is 0 Å². The molecule has 2 rings (SSSR count). The molecule has 12 heavy (non-hydrogen) atoms. The predicted molar refractivity (Wildman–Crippen MR) is 47.0 cm³/mol. The van der Waals surface area contributed by atoms with Crippen LogP contribution in [0.2, 0.25) is 0 Å². The van der Waals surface area contributed by atoms with E-state index in [4.69, 9.17) is 9.84 Å². The second-order valence-electron chi connectivity index (χ2n) is 4.38. The van der Waals surface area contributed by atoms with Gasteiger partial charge in [0.25, 0.3) is 0 Å². The summed E-state index contributed by atoms with van der Waals surface area (Å²) in [6.45, 7) is 1.11. The summed E-state index contributed by atoms with van der Waals surface area (Å²) < 4.78 is 5.55. The Morgan fingerprint density at radius 1 is 1.25 bits per heavy atom. The van der Waals surface area contributed by atoms with Gasteiger partial charge in [0.05, 0.1) is 19.3 Å². The number of hydrogen-bond acceptors (Lipinski definition) is 2. The SMILES string of the molecule is OCC1CC2(CCCCC2)CO1. The Balaban J connectivity index is 1.94. The Labute approximate surface area is 73.9 Å². The first-order valence-electron chi connectivity index (χ1n) is 5.07. The summed E-state index contributed by atoms with van der Waals surface area (Å²) in [5, 5.41) is 8.96. The van der Waals surface area contributed by atoms with Gasteiger partial charge in [-0.25, -0.2) is 0 Å². The van der Waals surface area contributed by atoms with E-state index in [9.17, 15) is 0 Å². The summed E-state index contributed by atoms with van der Waals surface area (Å²) in [5.74, 6) is 0. The molecule has 0 radical (unpaired) electrons. The van der Waals surface area contributed by atoms with Gasteiger partial charge in [0.1, 0.15) is 0 Å². The molecule has 70 valence electrons. The van der Waals surface area contributed by atoms with Crippen LogP contribution < -0.4 is 0 Å². The summed E-state index contributed by atoms with van der Waals surface area (Å²) in [6.07, 6.45) is 8.01. The first-order valence-corrected chi connectivity index (χ1v) is 5.07. The van der Waals surface area contributed by atoms with Gasteiger partial charge in [-0.1, -0.05) is 19.3 Å². The van der Waals surface area contributed by atoms with Crippen molar-refractivity contribution in [3.05, 3.63) is 0 Å². The second-order valence-corrected chi connectivity index (χ2v) is 4.38. The molecule has 1 saturated carbocycles. The van der Waals surface area contributed by atoms with Crippen molar-refractivity contribution in [1.29, 1.82) is 0 Å². The molecule has 2 heteroatoms. The summed E-state index contributed by atoms with van der Waals surface area (Å²) >= 11 is 0. The minimum Gasteiger partial charge on any atom is -0.394 e. The van der Waals surface area contributed by atoms with Crippen LogP contribution in [0.15, 0.2) is 0 Å². The zero-order valence-electron chi connectivity index (χ0n) is 7.59. The van der Waals surface area contributed by atoms with Crippen molar-refractivity contribution in [3.63, 3.8) is 0 Å². The molecule has 1 heterocycles. The molecule has 1 saturated heterocycles. The van der Waals surface area contributed by atoms with Gasteiger partial charge in [0.2, 0.25) is 0 Å². The van der Waals surface area contributed by atoms with Gasteiger partial charge < -0.3 is 9.84 Å². The molecular weight excluding hydrogens is 152 g/mol. The average Bonchev–Trinajstić information content (AvgIpc) is 2.50. The van der Waals surface area contributed by atoms with E-state index in [0.717, 1.165) is 13.0 Å². The van der Waals surface area contributed by atoms with Gasteiger partial charge in [0.15, 0.2) is 0 Å². The highest BCUT2D eigenvalue weighted by Crippen LogP contribution is 2.44. The fraction of sp³-hybridized carbons (Fsp3) is 1.00. The molecule has 1 spiro atoms. The van der Waals surface area contributed by atoms with Gasteiger partial charge in [-0.3, -0.25) is 0 Å². The van der Waals surface area contributed by atoms with Crippen LogP contribution in [0.3, 0.4) is 0 Å². The van der Waals surface area contributed by atoms with E-state index in [2.05, 4.69) is 0 Å². The lowest BCUT2D eigenvalue weighted by molar-refractivity contribution is 0.0492. The molecule has 1 N–H and O–H groups in total. The number of aliphatic hydroxyl groups is 1. The van der Waals surface area contributed by atoms with Crippen LogP contribution in [-0.4, -0.2) is 24.4 Å². The van der Waals surface area contributed by atoms with Crippen LogP contribution in [0.1, 0.15) is 38.5 Å². The van der Waals surface area contributed by atoms with Crippen molar-refractivity contribution in [2.75, 3.05) is 13.2 Å². The van der Waals surface area contributed by atoms with Gasteiger partial charge >= 0.3 is 0 Å². The maximum atomic E-state index is 8.96. The van der Waals surface area contributed by atoms with E-state index in [-0.39, 0.29) is 12.7 Å². The normalized spacial score (nSPS) is 34.2. The highest BCUT2D eigenvalue weighted by Gasteiger charge is 2.40. The van der Waals surface area contributed by atoms with Gasteiger partial charge in [-0.2, -0.15) is 0 Å². The smallest absolute Gasteiger partial charge is 0.0812 e. The quantitative estimate of drug-likeness (QED) is 0.649. The zero-order valence-corrected chi connectivity index (χ0v) is 7.59. The van der Waals surface area contributed by atoms with Crippen LogP contribution in [-0.2, 0) is 4.74 Å². The minimum atomic E-state index is 0.142. The Kier molecular flexibility index (Phi) is 2.37. The van der Waals surface area contributed by atoms with Gasteiger partial charge in [-0.05, 0) is 24.7 Å². The van der Waals surface area contributed by atoms with Crippen LogP contribution in [0, 0.1) is 5.41 Å². The van der Waals surface area contributed by atoms with E-state index in [1.807, 2.05) is 0 Å². The highest BCUT2D eigenvalue weighted by molar-refractivity contribution is 4.89. The summed E-state index contributed by atoms with van der Waals surface area (Å²) in [6, 6.07) is 0. The first-order chi connectivity index (χ1) is 5.85. The zero-order chi connectivity index (χ0) is 8.44. The van der Waals surface area contributed by atoms with Crippen molar-refractivity contribution < 1.29 is 9.84 Å². The van der Waals surface area contributed by atoms with Crippen molar-refractivity contribution in [3.8, 4) is 0 Å². The predicted octanol–water partition coefficient (Wildman–Crippen LogP) is 1.72.